The summed E-state index contributed by atoms with van der Waals surface area (Å²) in [7, 11) is -4.22. The molecule has 4 atom stereocenters. The maximum absolute atomic E-state index is 14.0. The molecule has 5 amide bonds. The molecular weight excluding hydrogens is 847 g/mol. The number of ether oxygens (including phenoxy) is 2. The van der Waals surface area contributed by atoms with E-state index in [-0.39, 0.29) is 37.1 Å². The van der Waals surface area contributed by atoms with Crippen LogP contribution in [-0.4, -0.2) is 105 Å². The largest absolute Gasteiger partial charge is 0.487 e. The molecule has 0 spiro atoms. The molecule has 2 aliphatic heterocycles. The predicted octanol–water partition coefficient (Wildman–Crippen LogP) is 1.08. The third-order valence-corrected chi connectivity index (χ3v) is 12.4. The summed E-state index contributed by atoms with van der Waals surface area (Å²) >= 11 is 0. The van der Waals surface area contributed by atoms with Crippen LogP contribution in [0.1, 0.15) is 101 Å². The van der Waals surface area contributed by atoms with E-state index in [0.717, 1.165) is 5.56 Å². The summed E-state index contributed by atoms with van der Waals surface area (Å²) in [5.74, 6) is -4.58. The molecule has 2 aromatic carbocycles. The van der Waals surface area contributed by atoms with Crippen LogP contribution in [0.15, 0.2) is 35.2 Å². The number of carbonyl (C=O) groups excluding carboxylic acids is 6. The Kier molecular flexibility index (Phi) is 17.3. The van der Waals surface area contributed by atoms with E-state index in [0.29, 0.717) is 53.8 Å². The first-order valence-electron chi connectivity index (χ1n) is 21.5. The minimum Gasteiger partial charge on any atom is -0.487 e. The Morgan fingerprint density at radius 3 is 2.08 bits per heavy atom. The van der Waals surface area contributed by atoms with Crippen molar-refractivity contribution in [2.75, 3.05) is 19.6 Å². The summed E-state index contributed by atoms with van der Waals surface area (Å²) in [5, 5.41) is 24.2. The number of guanidine groups is 1. The van der Waals surface area contributed by atoms with Crippen molar-refractivity contribution in [2.24, 2.45) is 5.73 Å². The molecule has 1 saturated heterocycles. The molecule has 64 heavy (non-hydrogen) atoms. The topological polar surface area (TPSA) is 289 Å². The normalized spacial score (nSPS) is 20.7. The molecule has 0 bridgehead atoms. The number of hydrogen-bond donors (Lipinski definition) is 9. The van der Waals surface area contributed by atoms with E-state index in [2.05, 4.69) is 36.6 Å². The van der Waals surface area contributed by atoms with E-state index in [1.54, 1.807) is 71.9 Å². The third kappa shape index (κ3) is 14.4. The van der Waals surface area contributed by atoms with Gasteiger partial charge in [-0.2, -0.15) is 0 Å². The summed E-state index contributed by atoms with van der Waals surface area (Å²) in [6.45, 7) is 13.6. The number of esters is 1. The molecule has 10 N–H and O–H groups in total. The fourth-order valence-electron chi connectivity index (χ4n) is 7.59. The Morgan fingerprint density at radius 2 is 1.44 bits per heavy atom. The summed E-state index contributed by atoms with van der Waals surface area (Å²) in [5.41, 5.74) is 7.52. The second kappa shape index (κ2) is 21.7. The first kappa shape index (κ1) is 50.9. The van der Waals surface area contributed by atoms with Gasteiger partial charge in [0.05, 0.1) is 17.9 Å². The number of rotatable bonds is 14. The smallest absolute Gasteiger partial charge is 0.308 e. The van der Waals surface area contributed by atoms with Gasteiger partial charge >= 0.3 is 5.97 Å². The predicted molar refractivity (Wildman–Crippen MR) is 239 cm³/mol. The molecule has 2 heterocycles. The van der Waals surface area contributed by atoms with Gasteiger partial charge in [-0.3, -0.25) is 34.2 Å². The number of sulfonamides is 1. The number of carbonyl (C=O) groups is 6. The number of fused-ring (bicyclic) bond motifs is 1. The maximum atomic E-state index is 14.0. The van der Waals surface area contributed by atoms with Crippen LogP contribution >= 0.6 is 0 Å². The van der Waals surface area contributed by atoms with Gasteiger partial charge in [0.1, 0.15) is 41.1 Å². The van der Waals surface area contributed by atoms with E-state index < -0.39 is 99.8 Å². The molecule has 0 aromatic heterocycles. The van der Waals surface area contributed by atoms with Crippen LogP contribution in [0.4, 0.5) is 0 Å². The van der Waals surface area contributed by atoms with Crippen molar-refractivity contribution in [2.45, 2.75) is 147 Å². The van der Waals surface area contributed by atoms with Crippen LogP contribution < -0.4 is 47.1 Å². The van der Waals surface area contributed by atoms with Crippen LogP contribution in [0.25, 0.3) is 0 Å². The Balaban J connectivity index is 1.54. The third-order valence-electron chi connectivity index (χ3n) is 10.8. The van der Waals surface area contributed by atoms with E-state index in [9.17, 15) is 37.2 Å². The van der Waals surface area contributed by atoms with Gasteiger partial charge in [0.2, 0.25) is 35.5 Å². The van der Waals surface area contributed by atoms with Crippen molar-refractivity contribution in [1.82, 2.24) is 36.6 Å². The number of nitrogens with two attached hydrogens (primary N) is 1. The lowest BCUT2D eigenvalue weighted by atomic mass is 9.94. The first-order chi connectivity index (χ1) is 29.9. The van der Waals surface area contributed by atoms with Crippen LogP contribution in [0.2, 0.25) is 0 Å². The highest BCUT2D eigenvalue weighted by molar-refractivity contribution is 7.90. The van der Waals surface area contributed by atoms with Gasteiger partial charge in [0.15, 0.2) is 0 Å². The molecular formula is C44H65N9O10S. The van der Waals surface area contributed by atoms with E-state index in [4.69, 9.17) is 20.6 Å². The molecule has 19 nitrogen and oxygen atoms in total. The Bertz CT molecular complexity index is 2190. The minimum absolute atomic E-state index is 0.0109. The van der Waals surface area contributed by atoms with E-state index >= 15 is 0 Å². The molecule has 4 rings (SSSR count). The van der Waals surface area contributed by atoms with Crippen molar-refractivity contribution >= 4 is 51.5 Å². The lowest BCUT2D eigenvalue weighted by molar-refractivity contribution is -0.156. The highest BCUT2D eigenvalue weighted by atomic mass is 32.2. The Morgan fingerprint density at radius 1 is 0.844 bits per heavy atom. The Hall–Kier alpha value is -5.76. The molecule has 2 aromatic rings. The maximum Gasteiger partial charge on any atom is 0.308 e. The molecule has 352 valence electrons. The van der Waals surface area contributed by atoms with Gasteiger partial charge < -0.3 is 47.1 Å². The lowest BCUT2D eigenvalue weighted by Gasteiger charge is -2.26. The van der Waals surface area contributed by atoms with Crippen molar-refractivity contribution in [3.8, 4) is 5.75 Å². The van der Waals surface area contributed by atoms with E-state index in [1.807, 2.05) is 13.8 Å². The number of hydrogen-bond acceptors (Lipinski definition) is 12. The quantitative estimate of drug-likeness (QED) is 0.0557. The second-order valence-electron chi connectivity index (χ2n) is 17.9. The van der Waals surface area contributed by atoms with Gasteiger partial charge in [-0.25, -0.2) is 13.1 Å². The highest BCUT2D eigenvalue weighted by Gasteiger charge is 2.38. The van der Waals surface area contributed by atoms with Crippen molar-refractivity contribution < 1.29 is 46.7 Å². The summed E-state index contributed by atoms with van der Waals surface area (Å²) in [6.07, 6.45) is 1.06. The van der Waals surface area contributed by atoms with Crippen LogP contribution in [0.5, 0.6) is 5.75 Å². The summed E-state index contributed by atoms with van der Waals surface area (Å²) in [6, 6.07) is 3.57. The Labute approximate surface area is 375 Å². The number of nitrogens with one attached hydrogen (secondary N) is 8. The van der Waals surface area contributed by atoms with Gasteiger partial charge in [0, 0.05) is 24.9 Å². The fourth-order valence-corrected chi connectivity index (χ4v) is 9.12. The number of benzene rings is 2. The SMILES string of the molecule is Cc1c(C)c(S(=O)(=O)NC(=N)NCCC[C@@H]2NC(=O)[C@H](CCCCN)NC(=O)[C@@H](Cc3ccccc3)NC(=O)[C@H](CC(=O)OC(C)(C)C)NC(=O)CNC2=O)c(C)c2c1OC(C)(C)C2. The average molecular weight is 912 g/mol. The molecule has 0 unspecified atom stereocenters. The average Bonchev–Trinajstić information content (AvgIpc) is 3.53. The van der Waals surface area contributed by atoms with Gasteiger partial charge in [0.25, 0.3) is 10.0 Å². The molecule has 0 aliphatic carbocycles. The van der Waals surface area contributed by atoms with Gasteiger partial charge in [-0.15, -0.1) is 0 Å². The summed E-state index contributed by atoms with van der Waals surface area (Å²) in [4.78, 5) is 81.7. The van der Waals surface area contributed by atoms with Crippen molar-refractivity contribution in [3.05, 3.63) is 58.1 Å². The van der Waals surface area contributed by atoms with E-state index in [1.165, 1.54) is 0 Å². The number of unbranched alkanes of at least 4 members (excludes halogenated alkanes) is 1. The molecule has 0 saturated carbocycles. The molecule has 20 heteroatoms. The van der Waals surface area contributed by atoms with Gasteiger partial charge in [-0.05, 0) is 116 Å². The standard InChI is InChI=1S/C44H65N9O10S/c1-25-26(2)37(27(3)29-23-44(7,8)63-36(25)29)64(60,61)53-42(46)47-20-14-18-30-38(56)48-24-34(54)49-33(22-35(55)62-43(4,5)6)41(59)52-32(21-28-15-10-9-11-16-28)40(58)51-31(39(57)50-30)17-12-13-19-45/h9-11,15-16,30-33H,12-14,17-24,45H2,1-8H3,(H,48,56)(H,49,54)(H,50,57)(H,51,58)(H,52,59)(H3,46,47,53)/t30-,31-,32+,33-/m0/s1. The molecule has 2 aliphatic rings. The molecule has 0 radical (unpaired) electrons. The lowest BCUT2D eigenvalue weighted by Crippen LogP contribution is -2.58. The molecule has 1 fully saturated rings. The fraction of sp³-hybridized carbons (Fsp3) is 0.568. The zero-order valence-electron chi connectivity index (χ0n) is 38.0. The second-order valence-corrected chi connectivity index (χ2v) is 19.5. The number of amides is 5. The highest BCUT2D eigenvalue weighted by Crippen LogP contribution is 2.43. The van der Waals surface area contributed by atoms with Crippen LogP contribution in [-0.2, 0) is 56.4 Å². The zero-order valence-corrected chi connectivity index (χ0v) is 38.9. The monoisotopic (exact) mass is 911 g/mol. The van der Waals surface area contributed by atoms with Crippen LogP contribution in [0, 0.1) is 26.2 Å². The first-order valence-corrected chi connectivity index (χ1v) is 23.0. The zero-order chi connectivity index (χ0) is 47.6. The van der Waals surface area contributed by atoms with Crippen molar-refractivity contribution in [3.63, 3.8) is 0 Å². The van der Waals surface area contributed by atoms with Crippen molar-refractivity contribution in [1.29, 1.82) is 5.41 Å². The van der Waals surface area contributed by atoms with Gasteiger partial charge in [-0.1, -0.05) is 30.3 Å². The minimum atomic E-state index is -4.22. The summed E-state index contributed by atoms with van der Waals surface area (Å²) < 4.78 is 41.2. The van der Waals surface area contributed by atoms with Crippen LogP contribution in [0.3, 0.4) is 0 Å².